The molecule has 2 rings (SSSR count). The molecule has 2 atom stereocenters. The summed E-state index contributed by atoms with van der Waals surface area (Å²) >= 11 is 0. The molecule has 0 aliphatic carbocycles. The van der Waals surface area contributed by atoms with Crippen molar-refractivity contribution in [3.05, 3.63) is 35.9 Å². The van der Waals surface area contributed by atoms with Crippen molar-refractivity contribution >= 4 is 12.0 Å². The first-order valence-corrected chi connectivity index (χ1v) is 6.75. The maximum absolute atomic E-state index is 12.3. The van der Waals surface area contributed by atoms with E-state index in [4.69, 9.17) is 9.47 Å². The average molecular weight is 293 g/mol. The lowest BCUT2D eigenvalue weighted by molar-refractivity contribution is -0.164. The van der Waals surface area contributed by atoms with E-state index in [2.05, 4.69) is 0 Å². The summed E-state index contributed by atoms with van der Waals surface area (Å²) in [5, 5.41) is 9.34. The molecule has 21 heavy (non-hydrogen) atoms. The minimum absolute atomic E-state index is 0.000147. The van der Waals surface area contributed by atoms with Crippen molar-refractivity contribution in [2.24, 2.45) is 0 Å². The molecule has 1 fully saturated rings. The second kappa shape index (κ2) is 5.83. The van der Waals surface area contributed by atoms with Gasteiger partial charge < -0.3 is 14.6 Å². The number of nitrogens with zero attached hydrogens (tertiary/aromatic N) is 1. The summed E-state index contributed by atoms with van der Waals surface area (Å²) < 4.78 is 11.1. The molecule has 6 heteroatoms. The first kappa shape index (κ1) is 15.5. The van der Waals surface area contributed by atoms with Gasteiger partial charge in [0.25, 0.3) is 0 Å². The van der Waals surface area contributed by atoms with E-state index >= 15 is 0 Å². The molecule has 0 bridgehead atoms. The van der Waals surface area contributed by atoms with Crippen LogP contribution < -0.4 is 0 Å². The second-order valence-electron chi connectivity index (χ2n) is 5.44. The van der Waals surface area contributed by atoms with Gasteiger partial charge in [-0.05, 0) is 26.3 Å². The highest BCUT2D eigenvalue weighted by Gasteiger charge is 2.45. The van der Waals surface area contributed by atoms with Crippen LogP contribution in [0.15, 0.2) is 30.3 Å². The molecule has 1 heterocycles. The van der Waals surface area contributed by atoms with Gasteiger partial charge in [-0.3, -0.25) is 4.79 Å². The van der Waals surface area contributed by atoms with Crippen molar-refractivity contribution in [2.45, 2.75) is 45.3 Å². The van der Waals surface area contributed by atoms with Gasteiger partial charge in [-0.2, -0.15) is 0 Å². The number of carbonyl (C=O) groups excluding carboxylic acids is 1. The van der Waals surface area contributed by atoms with Gasteiger partial charge in [0, 0.05) is 0 Å². The van der Waals surface area contributed by atoms with Gasteiger partial charge >= 0.3 is 6.09 Å². The lowest BCUT2D eigenvalue weighted by atomic mass is 10.1. The fraction of sp³-hybridized carbons (Fsp3) is 0.467. The zero-order chi connectivity index (χ0) is 15.6. The summed E-state index contributed by atoms with van der Waals surface area (Å²) in [4.78, 5) is 24.5. The number of amides is 2. The predicted molar refractivity (Wildman–Crippen MR) is 74.5 cm³/mol. The van der Waals surface area contributed by atoms with Crippen molar-refractivity contribution in [3.63, 3.8) is 0 Å². The summed E-state index contributed by atoms with van der Waals surface area (Å²) in [6, 6.07) is 8.99. The Morgan fingerprint density at radius 3 is 2.33 bits per heavy atom. The van der Waals surface area contributed by atoms with Gasteiger partial charge in [0.2, 0.25) is 5.91 Å². The Morgan fingerprint density at radius 2 is 1.86 bits per heavy atom. The molecule has 0 radical (unpaired) electrons. The largest absolute Gasteiger partial charge is 0.465 e. The van der Waals surface area contributed by atoms with E-state index < -0.39 is 30.1 Å². The van der Waals surface area contributed by atoms with Gasteiger partial charge in [0.15, 0.2) is 12.0 Å². The van der Waals surface area contributed by atoms with E-state index in [1.165, 1.54) is 0 Å². The maximum Gasteiger partial charge on any atom is 0.416 e. The van der Waals surface area contributed by atoms with Crippen molar-refractivity contribution in [2.75, 3.05) is 0 Å². The Morgan fingerprint density at radius 1 is 1.24 bits per heavy atom. The van der Waals surface area contributed by atoms with E-state index in [-0.39, 0.29) is 6.42 Å². The van der Waals surface area contributed by atoms with Gasteiger partial charge in [-0.15, -0.1) is 0 Å². The number of hydrogen-bond donors (Lipinski definition) is 1. The number of carboxylic acid groups (broad SMARTS) is 1. The van der Waals surface area contributed by atoms with E-state index in [0.29, 0.717) is 4.90 Å². The highest BCUT2D eigenvalue weighted by atomic mass is 16.8. The van der Waals surface area contributed by atoms with Crippen LogP contribution in [-0.2, 0) is 20.7 Å². The third kappa shape index (κ3) is 3.59. The monoisotopic (exact) mass is 293 g/mol. The van der Waals surface area contributed by atoms with Crippen LogP contribution in [0.4, 0.5) is 4.79 Å². The first-order chi connectivity index (χ1) is 9.80. The predicted octanol–water partition coefficient (Wildman–Crippen LogP) is 2.23. The van der Waals surface area contributed by atoms with Crippen molar-refractivity contribution in [1.82, 2.24) is 4.90 Å². The summed E-state index contributed by atoms with van der Waals surface area (Å²) in [6.07, 6.45) is -2.79. The Labute approximate surface area is 123 Å². The zero-order valence-electron chi connectivity index (χ0n) is 12.3. The molecule has 1 saturated heterocycles. The SMILES string of the molecule is C[C@@H]1OC(C)(C)O[C@@H]1N(C(=O)O)C(=O)Cc1ccccc1. The van der Waals surface area contributed by atoms with Gasteiger partial charge in [-0.25, -0.2) is 9.69 Å². The van der Waals surface area contributed by atoms with Crippen LogP contribution >= 0.6 is 0 Å². The van der Waals surface area contributed by atoms with E-state index in [1.54, 1.807) is 45.0 Å². The van der Waals surface area contributed by atoms with Crippen LogP contribution in [0.1, 0.15) is 26.3 Å². The molecule has 1 aliphatic heterocycles. The third-order valence-electron chi connectivity index (χ3n) is 3.20. The molecule has 1 N–H and O–H groups in total. The third-order valence-corrected chi connectivity index (χ3v) is 3.20. The smallest absolute Gasteiger partial charge is 0.416 e. The highest BCUT2D eigenvalue weighted by molar-refractivity contribution is 5.92. The molecule has 1 aliphatic rings. The normalized spacial score (nSPS) is 23.8. The Balaban J connectivity index is 2.16. The Hall–Kier alpha value is -1.92. The molecule has 0 saturated carbocycles. The summed E-state index contributed by atoms with van der Waals surface area (Å²) in [5.41, 5.74) is 0.750. The fourth-order valence-corrected chi connectivity index (χ4v) is 2.40. The molecule has 1 aromatic rings. The standard InChI is InChI=1S/C15H19NO5/c1-10-13(21-15(2,3)20-10)16(14(18)19)12(17)9-11-7-5-4-6-8-11/h4-8,10,13H,9H2,1-3H3,(H,18,19)/t10-,13-/m0/s1. The Kier molecular flexibility index (Phi) is 4.29. The summed E-state index contributed by atoms with van der Waals surface area (Å²) in [6.45, 7) is 5.06. The topological polar surface area (TPSA) is 76.1 Å². The number of rotatable bonds is 3. The summed E-state index contributed by atoms with van der Waals surface area (Å²) in [7, 11) is 0. The molecular weight excluding hydrogens is 274 g/mol. The van der Waals surface area contributed by atoms with Crippen LogP contribution in [0, 0.1) is 0 Å². The van der Waals surface area contributed by atoms with E-state index in [0.717, 1.165) is 5.56 Å². The number of benzene rings is 1. The van der Waals surface area contributed by atoms with E-state index in [9.17, 15) is 14.7 Å². The van der Waals surface area contributed by atoms with Crippen LogP contribution in [-0.4, -0.2) is 40.1 Å². The molecule has 0 spiro atoms. The van der Waals surface area contributed by atoms with Crippen molar-refractivity contribution in [3.8, 4) is 0 Å². The molecular formula is C15H19NO5. The maximum atomic E-state index is 12.3. The first-order valence-electron chi connectivity index (χ1n) is 6.75. The minimum Gasteiger partial charge on any atom is -0.465 e. The quantitative estimate of drug-likeness (QED) is 0.925. The van der Waals surface area contributed by atoms with Gasteiger partial charge in [0.05, 0.1) is 6.42 Å². The number of ether oxygens (including phenoxy) is 2. The number of hydrogen-bond acceptors (Lipinski definition) is 4. The minimum atomic E-state index is -1.34. The average Bonchev–Trinajstić information content (AvgIpc) is 2.63. The molecule has 0 aromatic heterocycles. The number of imide groups is 1. The van der Waals surface area contributed by atoms with Crippen LogP contribution in [0.2, 0.25) is 0 Å². The highest BCUT2D eigenvalue weighted by Crippen LogP contribution is 2.30. The molecule has 2 amide bonds. The molecule has 0 unspecified atom stereocenters. The van der Waals surface area contributed by atoms with Gasteiger partial charge in [0.1, 0.15) is 6.10 Å². The van der Waals surface area contributed by atoms with Crippen LogP contribution in [0.5, 0.6) is 0 Å². The van der Waals surface area contributed by atoms with Crippen molar-refractivity contribution < 1.29 is 24.2 Å². The van der Waals surface area contributed by atoms with Gasteiger partial charge in [-0.1, -0.05) is 30.3 Å². The van der Waals surface area contributed by atoms with Crippen LogP contribution in [0.25, 0.3) is 0 Å². The van der Waals surface area contributed by atoms with Crippen molar-refractivity contribution in [1.29, 1.82) is 0 Å². The molecule has 1 aromatic carbocycles. The Bertz CT molecular complexity index is 528. The summed E-state index contributed by atoms with van der Waals surface area (Å²) in [5.74, 6) is -1.45. The van der Waals surface area contributed by atoms with E-state index in [1.807, 2.05) is 6.07 Å². The lowest BCUT2D eigenvalue weighted by Crippen LogP contribution is -2.48. The molecule has 114 valence electrons. The van der Waals surface area contributed by atoms with Crippen LogP contribution in [0.3, 0.4) is 0 Å². The lowest BCUT2D eigenvalue weighted by Gasteiger charge is -2.26. The fourth-order valence-electron chi connectivity index (χ4n) is 2.40. The zero-order valence-corrected chi connectivity index (χ0v) is 12.3. The number of carbonyl (C=O) groups is 2. The molecule has 6 nitrogen and oxygen atoms in total. The second-order valence-corrected chi connectivity index (χ2v) is 5.44.